The maximum atomic E-state index is 13.2. The normalized spacial score (nSPS) is 9.85. The fourth-order valence-electron chi connectivity index (χ4n) is 1.76. The molecule has 0 fully saturated rings. The monoisotopic (exact) mass is 269 g/mol. The number of ketones is 1. The minimum atomic E-state index is -0.417. The highest BCUT2D eigenvalue weighted by Crippen LogP contribution is 2.17. The van der Waals surface area contributed by atoms with E-state index in [9.17, 15) is 9.18 Å². The number of hydrogen-bond acceptors (Lipinski definition) is 3. The molecule has 0 spiro atoms. The molecule has 0 N–H and O–H groups in total. The first-order chi connectivity index (χ1) is 9.60. The van der Waals surface area contributed by atoms with Crippen LogP contribution < -0.4 is 4.74 Å². The maximum absolute atomic E-state index is 13.2. The Kier molecular flexibility index (Phi) is 4.11. The summed E-state index contributed by atoms with van der Waals surface area (Å²) in [4.78, 5) is 11.3. The van der Waals surface area contributed by atoms with Crippen molar-refractivity contribution >= 4 is 5.78 Å². The highest BCUT2D eigenvalue weighted by Gasteiger charge is 2.06. The van der Waals surface area contributed by atoms with Gasteiger partial charge < -0.3 is 4.74 Å². The molecule has 0 radical (unpaired) electrons. The third-order valence-electron chi connectivity index (χ3n) is 2.82. The van der Waals surface area contributed by atoms with Crippen LogP contribution in [-0.2, 0) is 6.61 Å². The molecule has 4 heteroatoms. The Morgan fingerprint density at radius 3 is 2.80 bits per heavy atom. The van der Waals surface area contributed by atoms with Gasteiger partial charge in [0.25, 0.3) is 0 Å². The van der Waals surface area contributed by atoms with E-state index in [4.69, 9.17) is 10.00 Å². The van der Waals surface area contributed by atoms with Crippen molar-refractivity contribution in [2.45, 2.75) is 13.5 Å². The van der Waals surface area contributed by atoms with Crippen LogP contribution in [0.3, 0.4) is 0 Å². The van der Waals surface area contributed by atoms with Crippen molar-refractivity contribution < 1.29 is 13.9 Å². The van der Waals surface area contributed by atoms with Gasteiger partial charge in [-0.3, -0.25) is 4.79 Å². The SMILES string of the molecule is CC(=O)c1cccc(OCc2cc(F)ccc2C#N)c1. The molecule has 0 aliphatic rings. The Bertz CT molecular complexity index is 689. The first-order valence-corrected chi connectivity index (χ1v) is 6.02. The summed E-state index contributed by atoms with van der Waals surface area (Å²) in [7, 11) is 0. The van der Waals surface area contributed by atoms with Crippen LogP contribution in [0.4, 0.5) is 4.39 Å². The molecule has 100 valence electrons. The molecule has 2 aromatic rings. The fraction of sp³-hybridized carbons (Fsp3) is 0.125. The summed E-state index contributed by atoms with van der Waals surface area (Å²) < 4.78 is 18.7. The number of carbonyl (C=O) groups is 1. The molecule has 0 unspecified atom stereocenters. The van der Waals surface area contributed by atoms with E-state index in [1.807, 2.05) is 6.07 Å². The molecule has 0 heterocycles. The Morgan fingerprint density at radius 1 is 1.30 bits per heavy atom. The molecule has 0 saturated heterocycles. The average molecular weight is 269 g/mol. The molecule has 0 saturated carbocycles. The molecule has 0 aliphatic carbocycles. The van der Waals surface area contributed by atoms with Crippen molar-refractivity contribution in [3.05, 3.63) is 65.0 Å². The van der Waals surface area contributed by atoms with Gasteiger partial charge in [-0.1, -0.05) is 12.1 Å². The van der Waals surface area contributed by atoms with Gasteiger partial charge in [0.05, 0.1) is 11.6 Å². The van der Waals surface area contributed by atoms with E-state index < -0.39 is 5.82 Å². The highest BCUT2D eigenvalue weighted by molar-refractivity contribution is 5.94. The summed E-state index contributed by atoms with van der Waals surface area (Å²) in [5.74, 6) is 0.0323. The van der Waals surface area contributed by atoms with Crippen molar-refractivity contribution in [3.63, 3.8) is 0 Å². The van der Waals surface area contributed by atoms with Gasteiger partial charge in [0.2, 0.25) is 0 Å². The third kappa shape index (κ3) is 3.21. The summed E-state index contributed by atoms with van der Waals surface area (Å²) in [6.07, 6.45) is 0. The molecule has 20 heavy (non-hydrogen) atoms. The molecular weight excluding hydrogens is 257 g/mol. The fourth-order valence-corrected chi connectivity index (χ4v) is 1.76. The average Bonchev–Trinajstić information content (AvgIpc) is 2.45. The van der Waals surface area contributed by atoms with Crippen LogP contribution in [0.5, 0.6) is 5.75 Å². The molecule has 0 bridgehead atoms. The number of benzene rings is 2. The molecule has 0 aliphatic heterocycles. The number of carbonyl (C=O) groups excluding carboxylic acids is 1. The van der Waals surface area contributed by atoms with Crippen LogP contribution in [0, 0.1) is 17.1 Å². The Balaban J connectivity index is 2.17. The number of hydrogen-bond donors (Lipinski definition) is 0. The predicted molar refractivity (Wildman–Crippen MR) is 71.9 cm³/mol. The lowest BCUT2D eigenvalue weighted by molar-refractivity contribution is 0.101. The second kappa shape index (κ2) is 5.98. The summed E-state index contributed by atoms with van der Waals surface area (Å²) in [5.41, 5.74) is 1.39. The van der Waals surface area contributed by atoms with Crippen LogP contribution in [-0.4, -0.2) is 5.78 Å². The Labute approximate surface area is 116 Å². The van der Waals surface area contributed by atoms with Crippen LogP contribution >= 0.6 is 0 Å². The largest absolute Gasteiger partial charge is 0.489 e. The van der Waals surface area contributed by atoms with Crippen molar-refractivity contribution in [3.8, 4) is 11.8 Å². The van der Waals surface area contributed by atoms with Crippen molar-refractivity contribution in [2.24, 2.45) is 0 Å². The topological polar surface area (TPSA) is 50.1 Å². The maximum Gasteiger partial charge on any atom is 0.159 e. The first kappa shape index (κ1) is 13.8. The van der Waals surface area contributed by atoms with E-state index in [0.717, 1.165) is 0 Å². The minimum absolute atomic E-state index is 0.0566. The predicted octanol–water partition coefficient (Wildman–Crippen LogP) is 3.48. The third-order valence-corrected chi connectivity index (χ3v) is 2.82. The lowest BCUT2D eigenvalue weighted by atomic mass is 10.1. The highest BCUT2D eigenvalue weighted by atomic mass is 19.1. The summed E-state index contributed by atoms with van der Waals surface area (Å²) in [5, 5.41) is 8.95. The lowest BCUT2D eigenvalue weighted by Crippen LogP contribution is -2.00. The second-order valence-electron chi connectivity index (χ2n) is 4.29. The van der Waals surface area contributed by atoms with E-state index in [2.05, 4.69) is 0 Å². The second-order valence-corrected chi connectivity index (χ2v) is 4.29. The van der Waals surface area contributed by atoms with E-state index in [0.29, 0.717) is 22.4 Å². The smallest absolute Gasteiger partial charge is 0.159 e. The van der Waals surface area contributed by atoms with Gasteiger partial charge in [0.1, 0.15) is 18.2 Å². The summed E-state index contributed by atoms with van der Waals surface area (Å²) in [6.45, 7) is 1.54. The van der Waals surface area contributed by atoms with Crippen LogP contribution in [0.1, 0.15) is 28.4 Å². The molecule has 2 rings (SSSR count). The number of nitriles is 1. The summed E-state index contributed by atoms with van der Waals surface area (Å²) in [6, 6.07) is 12.6. The zero-order valence-electron chi connectivity index (χ0n) is 10.9. The lowest BCUT2D eigenvalue weighted by Gasteiger charge is -2.08. The van der Waals surface area contributed by atoms with Gasteiger partial charge >= 0.3 is 0 Å². The van der Waals surface area contributed by atoms with E-state index in [-0.39, 0.29) is 12.4 Å². The molecule has 3 nitrogen and oxygen atoms in total. The Hall–Kier alpha value is -2.67. The molecular formula is C16H12FNO2. The molecule has 0 aromatic heterocycles. The van der Waals surface area contributed by atoms with Gasteiger partial charge in [-0.15, -0.1) is 0 Å². The molecule has 0 atom stereocenters. The number of rotatable bonds is 4. The Morgan fingerprint density at radius 2 is 2.10 bits per heavy atom. The van der Waals surface area contributed by atoms with E-state index in [1.54, 1.807) is 24.3 Å². The van der Waals surface area contributed by atoms with Crippen molar-refractivity contribution in [1.29, 1.82) is 5.26 Å². The first-order valence-electron chi connectivity index (χ1n) is 6.02. The van der Waals surface area contributed by atoms with E-state index in [1.165, 1.54) is 25.1 Å². The van der Waals surface area contributed by atoms with Crippen LogP contribution in [0.2, 0.25) is 0 Å². The van der Waals surface area contributed by atoms with Gasteiger partial charge in [-0.2, -0.15) is 5.26 Å². The number of Topliss-reactive ketones (excluding diaryl/α,β-unsaturated/α-hetero) is 1. The van der Waals surface area contributed by atoms with Gasteiger partial charge in [-0.05, 0) is 37.3 Å². The van der Waals surface area contributed by atoms with Gasteiger partial charge in [0.15, 0.2) is 5.78 Å². The van der Waals surface area contributed by atoms with E-state index >= 15 is 0 Å². The van der Waals surface area contributed by atoms with Crippen molar-refractivity contribution in [2.75, 3.05) is 0 Å². The van der Waals surface area contributed by atoms with Crippen LogP contribution in [0.25, 0.3) is 0 Å². The number of ether oxygens (including phenoxy) is 1. The minimum Gasteiger partial charge on any atom is -0.489 e. The van der Waals surface area contributed by atoms with Gasteiger partial charge in [-0.25, -0.2) is 4.39 Å². The zero-order chi connectivity index (χ0) is 14.5. The van der Waals surface area contributed by atoms with Crippen LogP contribution in [0.15, 0.2) is 42.5 Å². The summed E-state index contributed by atoms with van der Waals surface area (Å²) >= 11 is 0. The quantitative estimate of drug-likeness (QED) is 0.798. The van der Waals surface area contributed by atoms with Crippen molar-refractivity contribution in [1.82, 2.24) is 0 Å². The zero-order valence-corrected chi connectivity index (χ0v) is 10.9. The number of nitrogens with zero attached hydrogens (tertiary/aromatic N) is 1. The molecule has 2 aromatic carbocycles. The molecule has 0 amide bonds. The number of halogens is 1. The standard InChI is InChI=1S/C16H12FNO2/c1-11(19)12-3-2-4-16(8-12)20-10-14-7-15(17)6-5-13(14)9-18/h2-8H,10H2,1H3. The van der Waals surface area contributed by atoms with Gasteiger partial charge in [0, 0.05) is 11.1 Å².